The molecule has 2 atom stereocenters. The van der Waals surface area contributed by atoms with E-state index in [2.05, 4.69) is 45.2 Å². The van der Waals surface area contributed by atoms with Crippen LogP contribution in [0, 0.1) is 0 Å². The number of ether oxygens (including phenoxy) is 2. The number of hydrogen-bond donors (Lipinski definition) is 0. The second-order valence-electron chi connectivity index (χ2n) is 2.13. The first-order valence-corrected chi connectivity index (χ1v) is 6.28. The zero-order valence-electron chi connectivity index (χ0n) is 5.56. The first kappa shape index (κ1) is 9.47. The Labute approximate surface area is 88.3 Å². The van der Waals surface area contributed by atoms with E-state index in [4.69, 9.17) is 9.47 Å². The van der Waals surface area contributed by atoms with Gasteiger partial charge in [0.1, 0.15) is 0 Å². The second kappa shape index (κ2) is 5.10. The SMILES string of the molecule is IC[C@@H]1OCCO[C@H]1CI. The maximum absolute atomic E-state index is 5.49. The highest BCUT2D eigenvalue weighted by Crippen LogP contribution is 2.14. The van der Waals surface area contributed by atoms with Gasteiger partial charge < -0.3 is 9.47 Å². The standard InChI is InChI=1S/C6H10I2O2/c7-3-5-6(4-8)10-2-1-9-5/h5-6H,1-4H2/t5-,6-/m0/s1. The van der Waals surface area contributed by atoms with E-state index in [1.54, 1.807) is 0 Å². The van der Waals surface area contributed by atoms with Crippen molar-refractivity contribution in [3.63, 3.8) is 0 Å². The topological polar surface area (TPSA) is 18.5 Å². The first-order chi connectivity index (χ1) is 4.88. The molecule has 0 amide bonds. The second-order valence-corrected chi connectivity index (χ2v) is 3.89. The summed E-state index contributed by atoms with van der Waals surface area (Å²) in [5, 5.41) is 0. The number of alkyl halides is 2. The minimum atomic E-state index is 0.325. The first-order valence-electron chi connectivity index (χ1n) is 3.23. The summed E-state index contributed by atoms with van der Waals surface area (Å²) >= 11 is 4.67. The molecule has 0 aromatic heterocycles. The van der Waals surface area contributed by atoms with E-state index in [0.717, 1.165) is 22.1 Å². The van der Waals surface area contributed by atoms with Crippen LogP contribution >= 0.6 is 45.2 Å². The molecule has 1 heterocycles. The van der Waals surface area contributed by atoms with E-state index in [1.165, 1.54) is 0 Å². The highest BCUT2D eigenvalue weighted by Gasteiger charge is 2.24. The third-order valence-corrected chi connectivity index (χ3v) is 3.20. The molecule has 0 unspecified atom stereocenters. The van der Waals surface area contributed by atoms with Gasteiger partial charge >= 0.3 is 0 Å². The number of rotatable bonds is 2. The van der Waals surface area contributed by atoms with Crippen molar-refractivity contribution in [1.82, 2.24) is 0 Å². The average molecular weight is 368 g/mol. The van der Waals surface area contributed by atoms with Crippen LogP contribution in [0.2, 0.25) is 0 Å². The maximum Gasteiger partial charge on any atom is 0.0934 e. The summed E-state index contributed by atoms with van der Waals surface area (Å²) in [6.07, 6.45) is 0.650. The van der Waals surface area contributed by atoms with E-state index >= 15 is 0 Å². The molecule has 1 aliphatic heterocycles. The summed E-state index contributed by atoms with van der Waals surface area (Å²) in [5.74, 6) is 0. The molecule has 4 heteroatoms. The lowest BCUT2D eigenvalue weighted by molar-refractivity contribution is -0.118. The van der Waals surface area contributed by atoms with Crippen molar-refractivity contribution in [3.05, 3.63) is 0 Å². The average Bonchev–Trinajstić information content (AvgIpc) is 2.04. The van der Waals surface area contributed by atoms with Gasteiger partial charge in [0.05, 0.1) is 25.4 Å². The predicted molar refractivity (Wildman–Crippen MR) is 57.3 cm³/mol. The quantitative estimate of drug-likeness (QED) is 0.545. The molecule has 2 nitrogen and oxygen atoms in total. The molecule has 0 aliphatic carbocycles. The van der Waals surface area contributed by atoms with Crippen molar-refractivity contribution in [2.45, 2.75) is 12.2 Å². The Morgan fingerprint density at radius 2 is 1.40 bits per heavy atom. The Morgan fingerprint density at radius 1 is 1.00 bits per heavy atom. The Balaban J connectivity index is 2.34. The van der Waals surface area contributed by atoms with Gasteiger partial charge in [0.2, 0.25) is 0 Å². The molecule has 0 aromatic rings. The molecule has 10 heavy (non-hydrogen) atoms. The Bertz CT molecular complexity index is 87.7. The highest BCUT2D eigenvalue weighted by atomic mass is 127. The van der Waals surface area contributed by atoms with Gasteiger partial charge in [0.25, 0.3) is 0 Å². The normalized spacial score (nSPS) is 34.2. The van der Waals surface area contributed by atoms with Crippen LogP contribution in [0.15, 0.2) is 0 Å². The Morgan fingerprint density at radius 3 is 1.70 bits per heavy atom. The summed E-state index contributed by atoms with van der Waals surface area (Å²) in [6, 6.07) is 0. The molecule has 0 bridgehead atoms. The minimum Gasteiger partial charge on any atom is -0.372 e. The van der Waals surface area contributed by atoms with E-state index in [9.17, 15) is 0 Å². The molecule has 0 aromatic carbocycles. The smallest absolute Gasteiger partial charge is 0.0934 e. The van der Waals surface area contributed by atoms with E-state index in [-0.39, 0.29) is 0 Å². The third kappa shape index (κ3) is 2.46. The monoisotopic (exact) mass is 368 g/mol. The fourth-order valence-corrected chi connectivity index (χ4v) is 2.54. The van der Waals surface area contributed by atoms with Crippen LogP contribution < -0.4 is 0 Å². The van der Waals surface area contributed by atoms with Gasteiger partial charge in [-0.3, -0.25) is 0 Å². The summed E-state index contributed by atoms with van der Waals surface area (Å²) < 4.78 is 13.1. The van der Waals surface area contributed by atoms with Crippen LogP contribution in [0.5, 0.6) is 0 Å². The van der Waals surface area contributed by atoms with Gasteiger partial charge in [-0.05, 0) is 0 Å². The van der Waals surface area contributed by atoms with Crippen LogP contribution in [0.1, 0.15) is 0 Å². The molecule has 60 valence electrons. The van der Waals surface area contributed by atoms with Gasteiger partial charge in [-0.2, -0.15) is 0 Å². The van der Waals surface area contributed by atoms with Crippen molar-refractivity contribution in [2.24, 2.45) is 0 Å². The number of halogens is 2. The lowest BCUT2D eigenvalue weighted by Gasteiger charge is -2.29. The van der Waals surface area contributed by atoms with E-state index in [1.807, 2.05) is 0 Å². The lowest BCUT2D eigenvalue weighted by atomic mass is 10.2. The minimum absolute atomic E-state index is 0.325. The zero-order valence-corrected chi connectivity index (χ0v) is 9.87. The van der Waals surface area contributed by atoms with E-state index in [0.29, 0.717) is 12.2 Å². The molecular weight excluding hydrogens is 358 g/mol. The molecule has 1 aliphatic rings. The summed E-state index contributed by atoms with van der Waals surface area (Å²) in [4.78, 5) is 0. The van der Waals surface area contributed by atoms with Gasteiger partial charge in [0, 0.05) is 8.86 Å². The van der Waals surface area contributed by atoms with Gasteiger partial charge in [-0.25, -0.2) is 0 Å². The lowest BCUT2D eigenvalue weighted by Crippen LogP contribution is -2.40. The van der Waals surface area contributed by atoms with Crippen molar-refractivity contribution < 1.29 is 9.47 Å². The number of hydrogen-bond acceptors (Lipinski definition) is 2. The Hall–Kier alpha value is 1.38. The molecule has 0 N–H and O–H groups in total. The van der Waals surface area contributed by atoms with Crippen LogP contribution in [0.4, 0.5) is 0 Å². The fourth-order valence-electron chi connectivity index (χ4n) is 0.901. The van der Waals surface area contributed by atoms with Gasteiger partial charge in [0.15, 0.2) is 0 Å². The molecule has 1 rings (SSSR count). The van der Waals surface area contributed by atoms with Gasteiger partial charge in [-0.1, -0.05) is 45.2 Å². The molecule has 1 fully saturated rings. The molecule has 1 saturated heterocycles. The largest absolute Gasteiger partial charge is 0.372 e. The molecule has 0 radical (unpaired) electrons. The van der Waals surface area contributed by atoms with Crippen LogP contribution in [-0.2, 0) is 9.47 Å². The maximum atomic E-state index is 5.49. The van der Waals surface area contributed by atoms with Crippen molar-refractivity contribution in [2.75, 3.05) is 22.1 Å². The van der Waals surface area contributed by atoms with Crippen LogP contribution in [0.3, 0.4) is 0 Å². The van der Waals surface area contributed by atoms with Crippen molar-refractivity contribution >= 4 is 45.2 Å². The molecule has 0 saturated carbocycles. The fraction of sp³-hybridized carbons (Fsp3) is 1.00. The van der Waals surface area contributed by atoms with Crippen LogP contribution in [0.25, 0.3) is 0 Å². The van der Waals surface area contributed by atoms with Crippen molar-refractivity contribution in [1.29, 1.82) is 0 Å². The van der Waals surface area contributed by atoms with Crippen molar-refractivity contribution in [3.8, 4) is 0 Å². The molecule has 0 spiro atoms. The summed E-state index contributed by atoms with van der Waals surface area (Å²) in [7, 11) is 0. The van der Waals surface area contributed by atoms with Crippen LogP contribution in [-0.4, -0.2) is 34.3 Å². The highest BCUT2D eigenvalue weighted by molar-refractivity contribution is 14.1. The predicted octanol–water partition coefficient (Wildman–Crippen LogP) is 1.64. The van der Waals surface area contributed by atoms with E-state index < -0.39 is 0 Å². The third-order valence-electron chi connectivity index (χ3n) is 1.47. The summed E-state index contributed by atoms with van der Waals surface area (Å²) in [6.45, 7) is 1.53. The zero-order chi connectivity index (χ0) is 7.40. The Kier molecular flexibility index (Phi) is 4.83. The summed E-state index contributed by atoms with van der Waals surface area (Å²) in [5.41, 5.74) is 0. The van der Waals surface area contributed by atoms with Gasteiger partial charge in [-0.15, -0.1) is 0 Å². The molecular formula is C6H10I2O2.